The van der Waals surface area contributed by atoms with Crippen LogP contribution < -0.4 is 0 Å². The molecule has 4 fully saturated rings. The number of furan rings is 1. The molecule has 0 aliphatic heterocycles. The first kappa shape index (κ1) is 15.5. The molecule has 0 amide bonds. The van der Waals surface area contributed by atoms with E-state index in [4.69, 9.17) is 4.42 Å². The van der Waals surface area contributed by atoms with E-state index in [9.17, 15) is 0 Å². The quantitative estimate of drug-likeness (QED) is 0.553. The molecule has 1 nitrogen and oxygen atoms in total. The lowest BCUT2D eigenvalue weighted by Crippen LogP contribution is -2.52. The summed E-state index contributed by atoms with van der Waals surface area (Å²) in [7, 11) is 0. The molecule has 7 atom stereocenters. The van der Waals surface area contributed by atoms with Gasteiger partial charge in [0.25, 0.3) is 0 Å². The first-order valence-corrected chi connectivity index (χ1v) is 10.6. The highest BCUT2D eigenvalue weighted by molar-refractivity contribution is 5.22. The fraction of sp³-hybridized carbons (Fsp3) is 0.826. The van der Waals surface area contributed by atoms with E-state index in [-0.39, 0.29) is 0 Å². The van der Waals surface area contributed by atoms with Crippen molar-refractivity contribution in [3.63, 3.8) is 0 Å². The average Bonchev–Trinajstić information content (AvgIpc) is 3.20. The molecule has 1 heterocycles. The second-order valence-corrected chi connectivity index (χ2v) is 10.1. The van der Waals surface area contributed by atoms with Gasteiger partial charge in [-0.2, -0.15) is 0 Å². The van der Waals surface area contributed by atoms with E-state index in [0.29, 0.717) is 10.8 Å². The summed E-state index contributed by atoms with van der Waals surface area (Å²) in [6.45, 7) is 5.33. The zero-order valence-corrected chi connectivity index (χ0v) is 15.6. The van der Waals surface area contributed by atoms with Gasteiger partial charge in [-0.15, -0.1) is 0 Å². The minimum Gasteiger partial charge on any atom is -0.472 e. The van der Waals surface area contributed by atoms with Crippen molar-refractivity contribution in [2.24, 2.45) is 34.5 Å². The van der Waals surface area contributed by atoms with Crippen LogP contribution in [0.15, 0.2) is 23.0 Å². The van der Waals surface area contributed by atoms with E-state index < -0.39 is 0 Å². The number of fused-ring (bicyclic) bond motifs is 5. The summed E-state index contributed by atoms with van der Waals surface area (Å²) in [6, 6.07) is 2.24. The van der Waals surface area contributed by atoms with E-state index in [2.05, 4.69) is 19.9 Å². The lowest BCUT2D eigenvalue weighted by molar-refractivity contribution is -0.105. The molecular weight excluding hydrogens is 292 g/mol. The Morgan fingerprint density at radius 2 is 1.75 bits per heavy atom. The normalized spacial score (nSPS) is 50.8. The van der Waals surface area contributed by atoms with Crippen LogP contribution in [-0.4, -0.2) is 0 Å². The van der Waals surface area contributed by atoms with E-state index in [0.717, 1.165) is 29.6 Å². The molecule has 5 rings (SSSR count). The lowest BCUT2D eigenvalue weighted by atomic mass is 9.45. The molecule has 4 aliphatic carbocycles. The molecular formula is C23H34O. The number of rotatable bonds is 1. The topological polar surface area (TPSA) is 13.1 Å². The van der Waals surface area contributed by atoms with Crippen LogP contribution in [0.3, 0.4) is 0 Å². The van der Waals surface area contributed by atoms with Gasteiger partial charge >= 0.3 is 0 Å². The SMILES string of the molecule is C[C@]12CCCC[C@H]1CC[C@@H]1[C@@H]2CC[C@]2(C)[C@@H](c3ccoc3)CC[C@@H]12. The van der Waals surface area contributed by atoms with Gasteiger partial charge in [-0.25, -0.2) is 0 Å². The van der Waals surface area contributed by atoms with Crippen LogP contribution in [0.1, 0.15) is 89.5 Å². The van der Waals surface area contributed by atoms with Crippen molar-refractivity contribution in [1.29, 1.82) is 0 Å². The predicted molar refractivity (Wildman–Crippen MR) is 97.8 cm³/mol. The van der Waals surface area contributed by atoms with E-state index in [1.165, 1.54) is 69.8 Å². The summed E-state index contributed by atoms with van der Waals surface area (Å²) >= 11 is 0. The monoisotopic (exact) mass is 326 g/mol. The van der Waals surface area contributed by atoms with Crippen molar-refractivity contribution in [2.45, 2.75) is 84.0 Å². The van der Waals surface area contributed by atoms with Gasteiger partial charge < -0.3 is 4.42 Å². The van der Waals surface area contributed by atoms with Crippen LogP contribution in [0.25, 0.3) is 0 Å². The highest BCUT2D eigenvalue weighted by Crippen LogP contribution is 2.68. The van der Waals surface area contributed by atoms with Crippen LogP contribution in [0.4, 0.5) is 0 Å². The molecule has 0 spiro atoms. The second kappa shape index (κ2) is 5.39. The Kier molecular flexibility index (Phi) is 3.48. The number of hydrogen-bond donors (Lipinski definition) is 0. The molecule has 132 valence electrons. The fourth-order valence-electron chi connectivity index (χ4n) is 8.32. The van der Waals surface area contributed by atoms with Gasteiger partial charge in [0.1, 0.15) is 0 Å². The van der Waals surface area contributed by atoms with Gasteiger partial charge in [-0.1, -0.05) is 26.7 Å². The summed E-state index contributed by atoms with van der Waals surface area (Å²) in [6.07, 6.45) is 18.8. The van der Waals surface area contributed by atoms with E-state index >= 15 is 0 Å². The van der Waals surface area contributed by atoms with Crippen molar-refractivity contribution >= 4 is 0 Å². The molecule has 1 aromatic heterocycles. The molecule has 0 aromatic carbocycles. The van der Waals surface area contributed by atoms with Gasteiger partial charge in [0, 0.05) is 0 Å². The van der Waals surface area contributed by atoms with Crippen molar-refractivity contribution in [3.05, 3.63) is 24.2 Å². The summed E-state index contributed by atoms with van der Waals surface area (Å²) < 4.78 is 5.44. The smallest absolute Gasteiger partial charge is 0.0937 e. The second-order valence-electron chi connectivity index (χ2n) is 10.1. The Morgan fingerprint density at radius 3 is 2.58 bits per heavy atom. The maximum atomic E-state index is 5.44. The number of hydrogen-bond acceptors (Lipinski definition) is 1. The Bertz CT molecular complexity index is 589. The molecule has 1 aromatic rings. The maximum Gasteiger partial charge on any atom is 0.0937 e. The molecule has 24 heavy (non-hydrogen) atoms. The van der Waals surface area contributed by atoms with E-state index in [1.54, 1.807) is 0 Å². The van der Waals surface area contributed by atoms with Crippen LogP contribution in [0, 0.1) is 34.5 Å². The molecule has 0 unspecified atom stereocenters. The Labute approximate surface area is 147 Å². The molecule has 4 aliphatic rings. The maximum absolute atomic E-state index is 5.44. The van der Waals surface area contributed by atoms with Crippen LogP contribution in [-0.2, 0) is 0 Å². The van der Waals surface area contributed by atoms with Crippen LogP contribution >= 0.6 is 0 Å². The molecule has 0 bridgehead atoms. The molecule has 0 saturated heterocycles. The Balaban J connectivity index is 1.45. The lowest BCUT2D eigenvalue weighted by Gasteiger charge is -2.60. The van der Waals surface area contributed by atoms with Gasteiger partial charge in [-0.3, -0.25) is 0 Å². The Hall–Kier alpha value is -0.720. The van der Waals surface area contributed by atoms with Crippen molar-refractivity contribution < 1.29 is 4.42 Å². The Morgan fingerprint density at radius 1 is 0.875 bits per heavy atom. The minimum absolute atomic E-state index is 0.531. The van der Waals surface area contributed by atoms with E-state index in [1.807, 2.05) is 12.5 Å². The summed E-state index contributed by atoms with van der Waals surface area (Å²) in [4.78, 5) is 0. The largest absolute Gasteiger partial charge is 0.472 e. The third-order valence-electron chi connectivity index (χ3n) is 9.53. The summed E-state index contributed by atoms with van der Waals surface area (Å²) in [5.74, 6) is 4.80. The van der Waals surface area contributed by atoms with Crippen LogP contribution in [0.5, 0.6) is 0 Å². The minimum atomic E-state index is 0.531. The molecule has 0 N–H and O–H groups in total. The van der Waals surface area contributed by atoms with Gasteiger partial charge in [0.15, 0.2) is 0 Å². The van der Waals surface area contributed by atoms with Gasteiger partial charge in [-0.05, 0) is 103 Å². The molecule has 0 radical (unpaired) electrons. The zero-order valence-electron chi connectivity index (χ0n) is 15.6. The zero-order chi connectivity index (χ0) is 16.4. The summed E-state index contributed by atoms with van der Waals surface area (Å²) in [5.41, 5.74) is 2.69. The highest BCUT2D eigenvalue weighted by atomic mass is 16.3. The summed E-state index contributed by atoms with van der Waals surface area (Å²) in [5, 5.41) is 0. The third kappa shape index (κ3) is 1.99. The third-order valence-corrected chi connectivity index (χ3v) is 9.53. The van der Waals surface area contributed by atoms with Crippen molar-refractivity contribution in [2.75, 3.05) is 0 Å². The van der Waals surface area contributed by atoms with Gasteiger partial charge in [0.2, 0.25) is 0 Å². The highest BCUT2D eigenvalue weighted by Gasteiger charge is 2.59. The molecule has 4 saturated carbocycles. The van der Waals surface area contributed by atoms with Gasteiger partial charge in [0.05, 0.1) is 12.5 Å². The van der Waals surface area contributed by atoms with Crippen LogP contribution in [0.2, 0.25) is 0 Å². The first-order chi connectivity index (χ1) is 11.6. The molecule has 1 heteroatoms. The van der Waals surface area contributed by atoms with Crippen molar-refractivity contribution in [1.82, 2.24) is 0 Å². The average molecular weight is 327 g/mol. The van der Waals surface area contributed by atoms with Crippen molar-refractivity contribution in [3.8, 4) is 0 Å². The fourth-order valence-corrected chi connectivity index (χ4v) is 8.32. The standard InChI is InChI=1S/C23H34O/c1-22-12-4-3-5-17(22)6-7-18-20-9-8-19(16-11-14-24-15-16)23(20,2)13-10-21(18)22/h11,14-15,17-21H,3-10,12-13H2,1-2H3/t17-,18-,19+,20-,21-,22-,23+/m0/s1. The first-order valence-electron chi connectivity index (χ1n) is 10.6. The predicted octanol–water partition coefficient (Wildman–Crippen LogP) is 6.80.